The Labute approximate surface area is 141 Å². The molecule has 0 spiro atoms. The summed E-state index contributed by atoms with van der Waals surface area (Å²) < 4.78 is 5.72. The summed E-state index contributed by atoms with van der Waals surface area (Å²) in [5, 5.41) is 9.29. The highest BCUT2D eigenvalue weighted by atomic mass is 32.1. The topological polar surface area (TPSA) is 62.4 Å². The fourth-order valence-electron chi connectivity index (χ4n) is 1.82. The lowest BCUT2D eigenvalue weighted by Crippen LogP contribution is -2.35. The van der Waals surface area contributed by atoms with E-state index in [0.29, 0.717) is 18.2 Å². The predicted octanol–water partition coefficient (Wildman–Crippen LogP) is 2.90. The van der Waals surface area contributed by atoms with E-state index in [1.54, 1.807) is 0 Å². The van der Waals surface area contributed by atoms with Crippen molar-refractivity contribution in [1.29, 1.82) is 0 Å². The molecule has 2 aromatic rings. The maximum Gasteiger partial charge on any atom is 0.216 e. The lowest BCUT2D eigenvalue weighted by molar-refractivity contribution is -0.118. The SMILES string of the molecule is CC(=O)NCCNC(=S)Nc1ccc(Oc2ccccc2)cc1. The summed E-state index contributed by atoms with van der Waals surface area (Å²) in [5.74, 6) is 1.49. The van der Waals surface area contributed by atoms with Gasteiger partial charge < -0.3 is 20.7 Å². The van der Waals surface area contributed by atoms with Gasteiger partial charge in [0.1, 0.15) is 11.5 Å². The van der Waals surface area contributed by atoms with Crippen molar-refractivity contribution in [3.63, 3.8) is 0 Å². The number of para-hydroxylation sites is 1. The molecule has 0 aliphatic carbocycles. The average molecular weight is 329 g/mol. The molecule has 23 heavy (non-hydrogen) atoms. The van der Waals surface area contributed by atoms with E-state index in [9.17, 15) is 4.79 Å². The van der Waals surface area contributed by atoms with Gasteiger partial charge in [0.15, 0.2) is 5.11 Å². The zero-order valence-corrected chi connectivity index (χ0v) is 13.7. The summed E-state index contributed by atoms with van der Waals surface area (Å²) in [5.41, 5.74) is 0.863. The van der Waals surface area contributed by atoms with E-state index in [0.717, 1.165) is 17.2 Å². The van der Waals surface area contributed by atoms with E-state index < -0.39 is 0 Å². The van der Waals surface area contributed by atoms with Crippen LogP contribution >= 0.6 is 12.2 Å². The molecule has 6 heteroatoms. The molecule has 3 N–H and O–H groups in total. The molecule has 0 atom stereocenters. The number of hydrogen-bond donors (Lipinski definition) is 3. The molecule has 0 fully saturated rings. The van der Waals surface area contributed by atoms with Crippen molar-refractivity contribution in [3.05, 3.63) is 54.6 Å². The van der Waals surface area contributed by atoms with Crippen LogP contribution in [0.15, 0.2) is 54.6 Å². The first kappa shape index (κ1) is 16.8. The van der Waals surface area contributed by atoms with Gasteiger partial charge in [-0.1, -0.05) is 18.2 Å². The van der Waals surface area contributed by atoms with E-state index >= 15 is 0 Å². The van der Waals surface area contributed by atoms with Crippen LogP contribution in [0.4, 0.5) is 5.69 Å². The number of amides is 1. The van der Waals surface area contributed by atoms with Crippen molar-refractivity contribution in [3.8, 4) is 11.5 Å². The lowest BCUT2D eigenvalue weighted by Gasteiger charge is -2.11. The molecule has 0 saturated heterocycles. The van der Waals surface area contributed by atoms with Gasteiger partial charge in [-0.15, -0.1) is 0 Å². The van der Waals surface area contributed by atoms with Crippen LogP contribution in [0.1, 0.15) is 6.92 Å². The van der Waals surface area contributed by atoms with E-state index in [1.807, 2.05) is 54.6 Å². The molecule has 0 unspecified atom stereocenters. The van der Waals surface area contributed by atoms with Crippen LogP contribution in [-0.4, -0.2) is 24.1 Å². The largest absolute Gasteiger partial charge is 0.457 e. The fourth-order valence-corrected chi connectivity index (χ4v) is 2.04. The summed E-state index contributed by atoms with van der Waals surface area (Å²) in [4.78, 5) is 10.7. The lowest BCUT2D eigenvalue weighted by atomic mass is 10.3. The normalized spacial score (nSPS) is 9.78. The Hall–Kier alpha value is -2.60. The van der Waals surface area contributed by atoms with Gasteiger partial charge in [0, 0.05) is 25.7 Å². The molecule has 0 bridgehead atoms. The first-order chi connectivity index (χ1) is 11.1. The third-order valence-corrected chi connectivity index (χ3v) is 3.12. The molecule has 1 amide bonds. The molecule has 0 radical (unpaired) electrons. The molecule has 0 aromatic heterocycles. The monoisotopic (exact) mass is 329 g/mol. The van der Waals surface area contributed by atoms with Gasteiger partial charge in [0.25, 0.3) is 0 Å². The van der Waals surface area contributed by atoms with Crippen molar-refractivity contribution in [2.24, 2.45) is 0 Å². The number of thiocarbonyl (C=S) groups is 1. The van der Waals surface area contributed by atoms with Crippen LogP contribution in [0.3, 0.4) is 0 Å². The number of rotatable bonds is 6. The Morgan fingerprint density at radius 1 is 0.957 bits per heavy atom. The number of carbonyl (C=O) groups is 1. The standard InChI is InChI=1S/C17H19N3O2S/c1-13(21)18-11-12-19-17(23)20-14-7-9-16(10-8-14)22-15-5-3-2-4-6-15/h2-10H,11-12H2,1H3,(H,18,21)(H2,19,20,23). The quantitative estimate of drug-likeness (QED) is 0.562. The van der Waals surface area contributed by atoms with Crippen molar-refractivity contribution in [2.75, 3.05) is 18.4 Å². The third kappa shape index (κ3) is 6.36. The van der Waals surface area contributed by atoms with Crippen molar-refractivity contribution >= 4 is 28.9 Å². The summed E-state index contributed by atoms with van der Waals surface area (Å²) in [7, 11) is 0. The minimum atomic E-state index is -0.0558. The van der Waals surface area contributed by atoms with Crippen LogP contribution in [0.2, 0.25) is 0 Å². The first-order valence-electron chi connectivity index (χ1n) is 7.26. The highest BCUT2D eigenvalue weighted by molar-refractivity contribution is 7.80. The zero-order valence-electron chi connectivity index (χ0n) is 12.8. The molecule has 5 nitrogen and oxygen atoms in total. The molecule has 0 saturated carbocycles. The molecular formula is C17H19N3O2S. The Kier molecular flexibility index (Phi) is 6.38. The highest BCUT2D eigenvalue weighted by Gasteiger charge is 2.00. The summed E-state index contributed by atoms with van der Waals surface area (Å²) in [6.45, 7) is 2.58. The van der Waals surface area contributed by atoms with E-state index in [1.165, 1.54) is 6.92 Å². The Morgan fingerprint density at radius 3 is 2.22 bits per heavy atom. The molecular weight excluding hydrogens is 310 g/mol. The van der Waals surface area contributed by atoms with Gasteiger partial charge in [-0.2, -0.15) is 0 Å². The number of ether oxygens (including phenoxy) is 1. The predicted molar refractivity (Wildman–Crippen MR) is 95.9 cm³/mol. The van der Waals surface area contributed by atoms with Gasteiger partial charge in [-0.3, -0.25) is 4.79 Å². The minimum Gasteiger partial charge on any atom is -0.457 e. The van der Waals surface area contributed by atoms with Crippen molar-refractivity contribution in [1.82, 2.24) is 10.6 Å². The summed E-state index contributed by atoms with van der Waals surface area (Å²) in [6, 6.07) is 17.1. The van der Waals surface area contributed by atoms with Crippen LogP contribution in [0, 0.1) is 0 Å². The molecule has 0 aliphatic heterocycles. The van der Waals surface area contributed by atoms with E-state index in [-0.39, 0.29) is 5.91 Å². The first-order valence-corrected chi connectivity index (χ1v) is 7.66. The Balaban J connectivity index is 1.78. The second-order valence-electron chi connectivity index (χ2n) is 4.80. The second kappa shape index (κ2) is 8.75. The number of benzene rings is 2. The van der Waals surface area contributed by atoms with Gasteiger partial charge >= 0.3 is 0 Å². The molecule has 120 valence electrons. The maximum absolute atomic E-state index is 10.7. The number of hydrogen-bond acceptors (Lipinski definition) is 3. The molecule has 2 aromatic carbocycles. The molecule has 0 aliphatic rings. The molecule has 2 rings (SSSR count). The smallest absolute Gasteiger partial charge is 0.216 e. The van der Waals surface area contributed by atoms with E-state index in [2.05, 4.69) is 16.0 Å². The maximum atomic E-state index is 10.7. The summed E-state index contributed by atoms with van der Waals surface area (Å²) >= 11 is 5.19. The van der Waals surface area contributed by atoms with Crippen LogP contribution in [-0.2, 0) is 4.79 Å². The van der Waals surface area contributed by atoms with Crippen LogP contribution < -0.4 is 20.7 Å². The van der Waals surface area contributed by atoms with Crippen molar-refractivity contribution in [2.45, 2.75) is 6.92 Å². The van der Waals surface area contributed by atoms with Gasteiger partial charge in [0.2, 0.25) is 5.91 Å². The van der Waals surface area contributed by atoms with E-state index in [4.69, 9.17) is 17.0 Å². The van der Waals surface area contributed by atoms with Crippen LogP contribution in [0.5, 0.6) is 11.5 Å². The Morgan fingerprint density at radius 2 is 1.57 bits per heavy atom. The second-order valence-corrected chi connectivity index (χ2v) is 5.21. The minimum absolute atomic E-state index is 0.0558. The van der Waals surface area contributed by atoms with Crippen molar-refractivity contribution < 1.29 is 9.53 Å². The molecule has 0 heterocycles. The third-order valence-electron chi connectivity index (χ3n) is 2.88. The Bertz CT molecular complexity index is 645. The van der Waals surface area contributed by atoms with Crippen LogP contribution in [0.25, 0.3) is 0 Å². The van der Waals surface area contributed by atoms with Gasteiger partial charge in [0.05, 0.1) is 0 Å². The van der Waals surface area contributed by atoms with Gasteiger partial charge in [-0.25, -0.2) is 0 Å². The number of anilines is 1. The van der Waals surface area contributed by atoms with Gasteiger partial charge in [-0.05, 0) is 48.6 Å². The summed E-state index contributed by atoms with van der Waals surface area (Å²) in [6.07, 6.45) is 0. The zero-order chi connectivity index (χ0) is 16.5. The highest BCUT2D eigenvalue weighted by Crippen LogP contribution is 2.22. The average Bonchev–Trinajstić information content (AvgIpc) is 2.54. The fraction of sp³-hybridized carbons (Fsp3) is 0.176. The number of carbonyl (C=O) groups excluding carboxylic acids is 1. The number of nitrogens with one attached hydrogen (secondary N) is 3.